The number of amides is 2. The van der Waals surface area contributed by atoms with Crippen LogP contribution in [0.2, 0.25) is 0 Å². The molecule has 0 saturated carbocycles. The lowest BCUT2D eigenvalue weighted by molar-refractivity contribution is -0.147. The van der Waals surface area contributed by atoms with Gasteiger partial charge >= 0.3 is 5.97 Å². The molecular formula is C21H21FN2O4. The first-order chi connectivity index (χ1) is 13.5. The van der Waals surface area contributed by atoms with Crippen molar-refractivity contribution in [3.05, 3.63) is 71.0 Å². The van der Waals surface area contributed by atoms with Crippen molar-refractivity contribution in [2.24, 2.45) is 0 Å². The highest BCUT2D eigenvalue weighted by Crippen LogP contribution is 2.29. The summed E-state index contributed by atoms with van der Waals surface area (Å²) in [6.07, 6.45) is 2.80. The number of nitrogens with one attached hydrogen (secondary N) is 2. The molecule has 3 rings (SSSR count). The van der Waals surface area contributed by atoms with E-state index in [2.05, 4.69) is 16.7 Å². The lowest BCUT2D eigenvalue weighted by Gasteiger charge is -2.26. The van der Waals surface area contributed by atoms with Gasteiger partial charge < -0.3 is 15.4 Å². The minimum Gasteiger partial charge on any atom is -0.454 e. The Bertz CT molecular complexity index is 884. The Hall–Kier alpha value is -3.22. The van der Waals surface area contributed by atoms with Crippen LogP contribution < -0.4 is 10.6 Å². The number of fused-ring (bicyclic) bond motifs is 1. The molecule has 0 heterocycles. The zero-order chi connectivity index (χ0) is 19.9. The highest BCUT2D eigenvalue weighted by atomic mass is 19.1. The zero-order valence-electron chi connectivity index (χ0n) is 15.2. The second kappa shape index (κ2) is 9.12. The quantitative estimate of drug-likeness (QED) is 0.749. The molecular weight excluding hydrogens is 363 g/mol. The van der Waals surface area contributed by atoms with Gasteiger partial charge in [-0.05, 0) is 48.6 Å². The molecule has 0 unspecified atom stereocenters. The third-order valence-corrected chi connectivity index (χ3v) is 4.55. The lowest BCUT2D eigenvalue weighted by Crippen LogP contribution is -2.36. The third kappa shape index (κ3) is 5.16. The first-order valence-electron chi connectivity index (χ1n) is 9.09. The van der Waals surface area contributed by atoms with Crippen LogP contribution >= 0.6 is 0 Å². The molecule has 2 N–H and O–H groups in total. The first kappa shape index (κ1) is 19.5. The van der Waals surface area contributed by atoms with Gasteiger partial charge in [-0.1, -0.05) is 30.3 Å². The van der Waals surface area contributed by atoms with Gasteiger partial charge in [-0.15, -0.1) is 0 Å². The van der Waals surface area contributed by atoms with Crippen molar-refractivity contribution in [2.75, 3.05) is 13.2 Å². The van der Waals surface area contributed by atoms with Crippen LogP contribution in [0.1, 0.15) is 40.4 Å². The van der Waals surface area contributed by atoms with Crippen LogP contribution in [0.4, 0.5) is 4.39 Å². The van der Waals surface area contributed by atoms with E-state index in [-0.39, 0.29) is 11.6 Å². The van der Waals surface area contributed by atoms with Gasteiger partial charge in [0.15, 0.2) is 6.61 Å². The summed E-state index contributed by atoms with van der Waals surface area (Å²) >= 11 is 0. The van der Waals surface area contributed by atoms with E-state index in [0.717, 1.165) is 30.9 Å². The number of rotatable bonds is 6. The van der Waals surface area contributed by atoms with E-state index in [9.17, 15) is 18.8 Å². The summed E-state index contributed by atoms with van der Waals surface area (Å²) in [7, 11) is 0. The number of halogens is 1. The largest absolute Gasteiger partial charge is 0.454 e. The van der Waals surface area contributed by atoms with E-state index >= 15 is 0 Å². The van der Waals surface area contributed by atoms with E-state index in [1.54, 1.807) is 0 Å². The van der Waals surface area contributed by atoms with Crippen molar-refractivity contribution >= 4 is 17.8 Å². The Morgan fingerprint density at radius 3 is 2.75 bits per heavy atom. The van der Waals surface area contributed by atoms with Crippen molar-refractivity contribution in [3.63, 3.8) is 0 Å². The van der Waals surface area contributed by atoms with Gasteiger partial charge in [0.2, 0.25) is 0 Å². The molecule has 0 bridgehead atoms. The fourth-order valence-electron chi connectivity index (χ4n) is 3.22. The number of ether oxygens (including phenoxy) is 1. The molecule has 0 spiro atoms. The molecule has 28 heavy (non-hydrogen) atoms. The van der Waals surface area contributed by atoms with E-state index in [1.165, 1.54) is 23.8 Å². The molecule has 2 aromatic rings. The van der Waals surface area contributed by atoms with Crippen LogP contribution in [0.5, 0.6) is 0 Å². The zero-order valence-corrected chi connectivity index (χ0v) is 15.2. The predicted octanol–water partition coefficient (Wildman–Crippen LogP) is 2.29. The molecule has 7 heteroatoms. The van der Waals surface area contributed by atoms with Gasteiger partial charge in [0.1, 0.15) is 12.4 Å². The first-order valence-corrected chi connectivity index (χ1v) is 9.09. The van der Waals surface area contributed by atoms with Crippen molar-refractivity contribution in [1.82, 2.24) is 10.6 Å². The smallest absolute Gasteiger partial charge is 0.325 e. The van der Waals surface area contributed by atoms with Gasteiger partial charge in [-0.2, -0.15) is 0 Å². The number of hydrogen-bond acceptors (Lipinski definition) is 4. The Morgan fingerprint density at radius 2 is 1.93 bits per heavy atom. The van der Waals surface area contributed by atoms with Crippen LogP contribution in [0, 0.1) is 5.82 Å². The van der Waals surface area contributed by atoms with Crippen LogP contribution in [0.15, 0.2) is 48.5 Å². The number of carbonyl (C=O) groups excluding carboxylic acids is 3. The number of benzene rings is 2. The Kier molecular flexibility index (Phi) is 6.37. The van der Waals surface area contributed by atoms with Crippen molar-refractivity contribution in [1.29, 1.82) is 0 Å². The standard InChI is InChI=1S/C21H21FN2O4/c22-16-8-3-7-15(11-16)21(27)23-12-20(26)28-13-19(25)24-18-10-4-6-14-5-1-2-9-17(14)18/h1-3,5,7-9,11,18H,4,6,10,12-13H2,(H,23,27)(H,24,25)/t18-/m0/s1. The number of aryl methyl sites for hydroxylation is 1. The molecule has 2 amide bonds. The van der Waals surface area contributed by atoms with E-state index in [4.69, 9.17) is 4.74 Å². The highest BCUT2D eigenvalue weighted by molar-refractivity contribution is 5.96. The topological polar surface area (TPSA) is 84.5 Å². The van der Waals surface area contributed by atoms with E-state index in [0.29, 0.717) is 0 Å². The maximum atomic E-state index is 13.1. The second-order valence-electron chi connectivity index (χ2n) is 6.56. The summed E-state index contributed by atoms with van der Waals surface area (Å²) in [6, 6.07) is 13.0. The molecule has 0 aromatic heterocycles. The third-order valence-electron chi connectivity index (χ3n) is 4.55. The molecule has 1 atom stereocenters. The Labute approximate surface area is 162 Å². The molecule has 0 aliphatic heterocycles. The van der Waals surface area contributed by atoms with Crippen LogP contribution in [0.25, 0.3) is 0 Å². The van der Waals surface area contributed by atoms with E-state index < -0.39 is 36.8 Å². The molecule has 146 valence electrons. The maximum Gasteiger partial charge on any atom is 0.325 e. The van der Waals surface area contributed by atoms with Gasteiger partial charge in [0.25, 0.3) is 11.8 Å². The van der Waals surface area contributed by atoms with Gasteiger partial charge in [-0.3, -0.25) is 14.4 Å². The molecule has 0 saturated heterocycles. The second-order valence-corrected chi connectivity index (χ2v) is 6.56. The van der Waals surface area contributed by atoms with Gasteiger partial charge in [-0.25, -0.2) is 4.39 Å². The summed E-state index contributed by atoms with van der Waals surface area (Å²) in [5, 5.41) is 5.21. The van der Waals surface area contributed by atoms with Crippen LogP contribution in [-0.2, 0) is 20.7 Å². The highest BCUT2D eigenvalue weighted by Gasteiger charge is 2.21. The molecule has 2 aromatic carbocycles. The van der Waals surface area contributed by atoms with Crippen molar-refractivity contribution in [3.8, 4) is 0 Å². The fraction of sp³-hybridized carbons (Fsp3) is 0.286. The normalized spacial score (nSPS) is 15.2. The van der Waals surface area contributed by atoms with E-state index in [1.807, 2.05) is 18.2 Å². The number of esters is 1. The molecule has 1 aliphatic rings. The molecule has 6 nitrogen and oxygen atoms in total. The summed E-state index contributed by atoms with van der Waals surface area (Å²) in [5.41, 5.74) is 2.41. The number of carbonyl (C=O) groups is 3. The minimum absolute atomic E-state index is 0.0937. The van der Waals surface area contributed by atoms with Crippen LogP contribution in [0.3, 0.4) is 0 Å². The lowest BCUT2D eigenvalue weighted by atomic mass is 9.88. The Morgan fingerprint density at radius 1 is 1.11 bits per heavy atom. The molecule has 0 fully saturated rings. The summed E-state index contributed by atoms with van der Waals surface area (Å²) in [4.78, 5) is 35.7. The number of hydrogen-bond donors (Lipinski definition) is 2. The monoisotopic (exact) mass is 384 g/mol. The summed E-state index contributed by atoms with van der Waals surface area (Å²) < 4.78 is 18.0. The van der Waals surface area contributed by atoms with Gasteiger partial charge in [0, 0.05) is 5.56 Å². The molecule has 0 radical (unpaired) electrons. The average Bonchev–Trinajstić information content (AvgIpc) is 2.71. The van der Waals surface area contributed by atoms with Gasteiger partial charge in [0.05, 0.1) is 6.04 Å². The minimum atomic E-state index is -0.746. The average molecular weight is 384 g/mol. The summed E-state index contributed by atoms with van der Waals surface area (Å²) in [5.74, 6) is -2.29. The maximum absolute atomic E-state index is 13.1. The SMILES string of the molecule is O=C(COC(=O)CNC(=O)c1cccc(F)c1)N[C@H]1CCCc2ccccc21. The van der Waals surface area contributed by atoms with Crippen molar-refractivity contribution < 1.29 is 23.5 Å². The molecule has 1 aliphatic carbocycles. The predicted molar refractivity (Wildman–Crippen MR) is 100.0 cm³/mol. The van der Waals surface area contributed by atoms with Crippen LogP contribution in [-0.4, -0.2) is 30.9 Å². The van der Waals surface area contributed by atoms with Crippen molar-refractivity contribution in [2.45, 2.75) is 25.3 Å². The Balaban J connectivity index is 1.42. The fourth-order valence-corrected chi connectivity index (χ4v) is 3.22. The summed E-state index contributed by atoms with van der Waals surface area (Å²) in [6.45, 7) is -0.831.